The Kier molecular flexibility index (Phi) is 3.46. The summed E-state index contributed by atoms with van der Waals surface area (Å²) in [5.41, 5.74) is 2.83. The molecular formula is C14H20N4O. The van der Waals surface area contributed by atoms with E-state index in [1.807, 2.05) is 23.9 Å². The topological polar surface area (TPSA) is 63.0 Å². The minimum Gasteiger partial charge on any atom is -0.508 e. The number of nitrogens with one attached hydrogen (secondary N) is 1. The Balaban J connectivity index is 2.04. The molecule has 5 nitrogen and oxygen atoms in total. The molecule has 0 spiro atoms. The van der Waals surface area contributed by atoms with E-state index < -0.39 is 0 Å². The van der Waals surface area contributed by atoms with Crippen LogP contribution in [0.1, 0.15) is 32.0 Å². The maximum atomic E-state index is 9.36. The number of rotatable bonds is 3. The minimum atomic E-state index is -0.0558. The number of aromatic hydroxyl groups is 1. The number of phenols is 1. The van der Waals surface area contributed by atoms with Gasteiger partial charge in [0.05, 0.1) is 18.3 Å². The summed E-state index contributed by atoms with van der Waals surface area (Å²) in [4.78, 5) is 0. The molecule has 0 aliphatic rings. The molecule has 0 saturated carbocycles. The molecule has 102 valence electrons. The fraction of sp³-hybridized carbons (Fsp3) is 0.429. The highest BCUT2D eigenvalue weighted by atomic mass is 16.3. The van der Waals surface area contributed by atoms with Crippen molar-refractivity contribution in [3.63, 3.8) is 0 Å². The van der Waals surface area contributed by atoms with Crippen LogP contribution in [0.25, 0.3) is 0 Å². The van der Waals surface area contributed by atoms with E-state index in [0.717, 1.165) is 16.9 Å². The van der Waals surface area contributed by atoms with Gasteiger partial charge in [0.25, 0.3) is 0 Å². The van der Waals surface area contributed by atoms with Crippen molar-refractivity contribution in [2.75, 3.05) is 5.32 Å². The number of anilines is 1. The molecule has 0 amide bonds. The van der Waals surface area contributed by atoms with Gasteiger partial charge in [-0.25, -0.2) is 4.68 Å². The molecule has 1 aromatic carbocycles. The predicted molar refractivity (Wildman–Crippen MR) is 75.2 cm³/mol. The van der Waals surface area contributed by atoms with Gasteiger partial charge in [0.15, 0.2) is 0 Å². The smallest absolute Gasteiger partial charge is 0.115 e. The summed E-state index contributed by atoms with van der Waals surface area (Å²) in [5, 5.41) is 20.9. The van der Waals surface area contributed by atoms with Gasteiger partial charge in [-0.3, -0.25) is 0 Å². The second kappa shape index (κ2) is 4.91. The van der Waals surface area contributed by atoms with Gasteiger partial charge >= 0.3 is 0 Å². The molecule has 0 saturated heterocycles. The van der Waals surface area contributed by atoms with Crippen LogP contribution in [0.5, 0.6) is 5.75 Å². The van der Waals surface area contributed by atoms with E-state index >= 15 is 0 Å². The molecular weight excluding hydrogens is 240 g/mol. The van der Waals surface area contributed by atoms with E-state index in [-0.39, 0.29) is 11.3 Å². The SMILES string of the molecule is Cc1cc(O)ccc1NCc1cn(C(C)(C)C)nn1. The Hall–Kier alpha value is -2.04. The van der Waals surface area contributed by atoms with Crippen LogP contribution in [0, 0.1) is 6.92 Å². The van der Waals surface area contributed by atoms with E-state index in [4.69, 9.17) is 0 Å². The van der Waals surface area contributed by atoms with Crippen molar-refractivity contribution in [2.24, 2.45) is 0 Å². The fourth-order valence-corrected chi connectivity index (χ4v) is 1.74. The zero-order valence-corrected chi connectivity index (χ0v) is 11.8. The van der Waals surface area contributed by atoms with Crippen LogP contribution in [-0.2, 0) is 12.1 Å². The summed E-state index contributed by atoms with van der Waals surface area (Å²) < 4.78 is 1.85. The second-order valence-electron chi connectivity index (χ2n) is 5.68. The molecule has 0 radical (unpaired) electrons. The van der Waals surface area contributed by atoms with Crippen LogP contribution in [0.4, 0.5) is 5.69 Å². The molecule has 19 heavy (non-hydrogen) atoms. The molecule has 0 aliphatic heterocycles. The maximum Gasteiger partial charge on any atom is 0.115 e. The highest BCUT2D eigenvalue weighted by molar-refractivity contribution is 5.53. The van der Waals surface area contributed by atoms with Crippen molar-refractivity contribution >= 4 is 5.69 Å². The van der Waals surface area contributed by atoms with Gasteiger partial charge < -0.3 is 10.4 Å². The Morgan fingerprint density at radius 1 is 1.32 bits per heavy atom. The van der Waals surface area contributed by atoms with Crippen LogP contribution in [0.15, 0.2) is 24.4 Å². The van der Waals surface area contributed by atoms with Gasteiger partial charge in [-0.15, -0.1) is 5.10 Å². The van der Waals surface area contributed by atoms with Crippen molar-refractivity contribution in [2.45, 2.75) is 39.8 Å². The molecule has 0 bridgehead atoms. The van der Waals surface area contributed by atoms with Crippen molar-refractivity contribution in [1.29, 1.82) is 0 Å². The first-order valence-corrected chi connectivity index (χ1v) is 6.31. The van der Waals surface area contributed by atoms with Crippen LogP contribution < -0.4 is 5.32 Å². The van der Waals surface area contributed by atoms with E-state index in [1.54, 1.807) is 12.1 Å². The minimum absolute atomic E-state index is 0.0558. The number of aryl methyl sites for hydroxylation is 1. The molecule has 2 N–H and O–H groups in total. The van der Waals surface area contributed by atoms with Crippen molar-refractivity contribution < 1.29 is 5.11 Å². The number of phenolic OH excluding ortho intramolecular Hbond substituents is 1. The monoisotopic (exact) mass is 260 g/mol. The first-order valence-electron chi connectivity index (χ1n) is 6.31. The number of aromatic nitrogens is 3. The van der Waals surface area contributed by atoms with Crippen LogP contribution >= 0.6 is 0 Å². The normalized spacial score (nSPS) is 11.6. The highest BCUT2D eigenvalue weighted by Gasteiger charge is 2.14. The Morgan fingerprint density at radius 3 is 2.63 bits per heavy atom. The molecule has 0 atom stereocenters. The quantitative estimate of drug-likeness (QED) is 0.833. The average molecular weight is 260 g/mol. The summed E-state index contributed by atoms with van der Waals surface area (Å²) >= 11 is 0. The fourth-order valence-electron chi connectivity index (χ4n) is 1.74. The molecule has 0 aliphatic carbocycles. The van der Waals surface area contributed by atoms with E-state index in [0.29, 0.717) is 6.54 Å². The molecule has 2 rings (SSSR count). The number of nitrogens with zero attached hydrogens (tertiary/aromatic N) is 3. The standard InChI is InChI=1S/C14H20N4O/c1-10-7-12(19)5-6-13(10)15-8-11-9-18(17-16-11)14(2,3)4/h5-7,9,15,19H,8H2,1-4H3. The molecule has 1 aromatic heterocycles. The van der Waals surface area contributed by atoms with Crippen LogP contribution in [0.3, 0.4) is 0 Å². The first-order chi connectivity index (χ1) is 8.86. The van der Waals surface area contributed by atoms with Crippen molar-refractivity contribution in [1.82, 2.24) is 15.0 Å². The maximum absolute atomic E-state index is 9.36. The third-order valence-corrected chi connectivity index (χ3v) is 2.90. The van der Waals surface area contributed by atoms with Gasteiger partial charge in [-0.2, -0.15) is 0 Å². The van der Waals surface area contributed by atoms with E-state index in [9.17, 15) is 5.11 Å². The lowest BCUT2D eigenvalue weighted by Gasteiger charge is -2.17. The molecule has 1 heterocycles. The Labute approximate surface area is 113 Å². The largest absolute Gasteiger partial charge is 0.508 e. The van der Waals surface area contributed by atoms with Crippen LogP contribution in [0.2, 0.25) is 0 Å². The summed E-state index contributed by atoms with van der Waals surface area (Å²) in [6.07, 6.45) is 1.95. The Morgan fingerprint density at radius 2 is 2.05 bits per heavy atom. The van der Waals surface area contributed by atoms with Crippen molar-refractivity contribution in [3.8, 4) is 5.75 Å². The van der Waals surface area contributed by atoms with Crippen molar-refractivity contribution in [3.05, 3.63) is 35.7 Å². The molecule has 5 heteroatoms. The van der Waals surface area contributed by atoms with E-state index in [1.165, 1.54) is 0 Å². The zero-order valence-electron chi connectivity index (χ0n) is 11.8. The number of hydrogen-bond donors (Lipinski definition) is 2. The molecule has 2 aromatic rings. The summed E-state index contributed by atoms with van der Waals surface area (Å²) in [6, 6.07) is 5.26. The predicted octanol–water partition coefficient (Wildman–Crippen LogP) is 2.66. The molecule has 0 fully saturated rings. The van der Waals surface area contributed by atoms with Gasteiger partial charge in [0.2, 0.25) is 0 Å². The lowest BCUT2D eigenvalue weighted by Crippen LogP contribution is -2.22. The number of hydrogen-bond acceptors (Lipinski definition) is 4. The summed E-state index contributed by atoms with van der Waals surface area (Å²) in [6.45, 7) is 8.82. The summed E-state index contributed by atoms with van der Waals surface area (Å²) in [5.74, 6) is 0.279. The Bertz CT molecular complexity index is 569. The molecule has 0 unspecified atom stereocenters. The highest BCUT2D eigenvalue weighted by Crippen LogP contribution is 2.20. The van der Waals surface area contributed by atoms with E-state index in [2.05, 4.69) is 36.4 Å². The lowest BCUT2D eigenvalue weighted by atomic mass is 10.1. The zero-order chi connectivity index (χ0) is 14.0. The third-order valence-electron chi connectivity index (χ3n) is 2.90. The second-order valence-corrected chi connectivity index (χ2v) is 5.68. The third kappa shape index (κ3) is 3.24. The van der Waals surface area contributed by atoms with Gasteiger partial charge in [-0.1, -0.05) is 5.21 Å². The lowest BCUT2D eigenvalue weighted by molar-refractivity contribution is 0.347. The average Bonchev–Trinajstić information content (AvgIpc) is 2.76. The van der Waals surface area contributed by atoms with Gasteiger partial charge in [0, 0.05) is 5.69 Å². The van der Waals surface area contributed by atoms with Gasteiger partial charge in [-0.05, 0) is 51.5 Å². The van der Waals surface area contributed by atoms with Gasteiger partial charge in [0.1, 0.15) is 11.4 Å². The first kappa shape index (κ1) is 13.4. The summed E-state index contributed by atoms with van der Waals surface area (Å²) in [7, 11) is 0. The number of benzene rings is 1. The van der Waals surface area contributed by atoms with Crippen LogP contribution in [-0.4, -0.2) is 20.1 Å².